The molecule has 2 saturated heterocycles. The lowest BCUT2D eigenvalue weighted by Crippen LogP contribution is -2.30. The van der Waals surface area contributed by atoms with E-state index in [0.717, 1.165) is 0 Å². The number of hydrogen-bond acceptors (Lipinski definition) is 5. The second-order valence-corrected chi connectivity index (χ2v) is 4.20. The van der Waals surface area contributed by atoms with Gasteiger partial charge in [0.15, 0.2) is 0 Å². The molecule has 2 aliphatic heterocycles. The largest absolute Gasteiger partial charge is 0.462 e. The molecule has 0 amide bonds. The smallest absolute Gasteiger partial charge is 0.307 e. The molecule has 2 aliphatic rings. The number of fused-ring (bicyclic) bond motifs is 1. The number of ether oxygens (including phenoxy) is 2. The van der Waals surface area contributed by atoms with Gasteiger partial charge in [-0.3, -0.25) is 14.4 Å². The first-order valence-corrected chi connectivity index (χ1v) is 5.54. The summed E-state index contributed by atoms with van der Waals surface area (Å²) in [7, 11) is 0. The van der Waals surface area contributed by atoms with Crippen molar-refractivity contribution in [2.24, 2.45) is 5.92 Å². The lowest BCUT2D eigenvalue weighted by atomic mass is 9.92. The van der Waals surface area contributed by atoms with Crippen LogP contribution >= 0.6 is 0 Å². The van der Waals surface area contributed by atoms with Crippen molar-refractivity contribution in [2.45, 2.75) is 38.2 Å². The van der Waals surface area contributed by atoms with Crippen LogP contribution in [0.5, 0.6) is 0 Å². The second kappa shape index (κ2) is 4.63. The van der Waals surface area contributed by atoms with Gasteiger partial charge in [0.25, 0.3) is 0 Å². The number of esters is 2. The molecular formula is C11H14O5. The summed E-state index contributed by atoms with van der Waals surface area (Å²) in [4.78, 5) is 34.1. The minimum atomic E-state index is -0.568. The van der Waals surface area contributed by atoms with E-state index in [9.17, 15) is 14.4 Å². The third kappa shape index (κ3) is 2.40. The minimum Gasteiger partial charge on any atom is -0.462 e. The number of cyclic esters (lactones) is 1. The van der Waals surface area contributed by atoms with Crippen molar-refractivity contribution >= 4 is 17.7 Å². The molecule has 16 heavy (non-hydrogen) atoms. The molecule has 0 aliphatic carbocycles. The zero-order valence-electron chi connectivity index (χ0n) is 8.94. The van der Waals surface area contributed by atoms with Gasteiger partial charge >= 0.3 is 11.9 Å². The Balaban J connectivity index is 2.06. The van der Waals surface area contributed by atoms with Crippen LogP contribution in [-0.2, 0) is 23.9 Å². The van der Waals surface area contributed by atoms with Crippen molar-refractivity contribution in [3.8, 4) is 0 Å². The van der Waals surface area contributed by atoms with E-state index in [-0.39, 0.29) is 30.7 Å². The molecule has 5 heteroatoms. The first-order chi connectivity index (χ1) is 7.66. The molecular weight excluding hydrogens is 212 g/mol. The summed E-state index contributed by atoms with van der Waals surface area (Å²) in [6, 6.07) is 0. The fourth-order valence-corrected chi connectivity index (χ4v) is 2.08. The summed E-state index contributed by atoms with van der Waals surface area (Å²) in [6.45, 7) is 0.0149. The molecule has 0 spiro atoms. The van der Waals surface area contributed by atoms with Crippen LogP contribution in [0.4, 0.5) is 0 Å². The summed E-state index contributed by atoms with van der Waals surface area (Å²) in [6.07, 6.45) is 1.65. The van der Waals surface area contributed by atoms with Crippen molar-refractivity contribution in [2.75, 3.05) is 6.61 Å². The molecule has 0 saturated carbocycles. The fourth-order valence-electron chi connectivity index (χ4n) is 2.08. The van der Waals surface area contributed by atoms with E-state index in [1.807, 2.05) is 0 Å². The van der Waals surface area contributed by atoms with Gasteiger partial charge in [0.2, 0.25) is 0 Å². The molecule has 2 atom stereocenters. The summed E-state index contributed by atoms with van der Waals surface area (Å²) in [5, 5.41) is 0. The summed E-state index contributed by atoms with van der Waals surface area (Å²) in [5.41, 5.74) is 0. The van der Waals surface area contributed by atoms with Gasteiger partial charge in [0, 0.05) is 12.8 Å². The predicted molar refractivity (Wildman–Crippen MR) is 52.4 cm³/mol. The highest BCUT2D eigenvalue weighted by Gasteiger charge is 2.40. The van der Waals surface area contributed by atoms with Gasteiger partial charge in [-0.1, -0.05) is 0 Å². The minimum absolute atomic E-state index is 0.0149. The topological polar surface area (TPSA) is 69.7 Å². The fraction of sp³-hybridized carbons (Fsp3) is 0.727. The van der Waals surface area contributed by atoms with E-state index < -0.39 is 12.0 Å². The van der Waals surface area contributed by atoms with E-state index in [0.29, 0.717) is 25.7 Å². The molecule has 0 N–H and O–H groups in total. The maximum Gasteiger partial charge on any atom is 0.307 e. The van der Waals surface area contributed by atoms with Crippen molar-refractivity contribution in [1.29, 1.82) is 0 Å². The van der Waals surface area contributed by atoms with E-state index in [2.05, 4.69) is 0 Å². The highest BCUT2D eigenvalue weighted by atomic mass is 16.6. The average molecular weight is 226 g/mol. The van der Waals surface area contributed by atoms with Crippen LogP contribution < -0.4 is 0 Å². The van der Waals surface area contributed by atoms with Crippen molar-refractivity contribution in [3.63, 3.8) is 0 Å². The van der Waals surface area contributed by atoms with Crippen LogP contribution in [0.25, 0.3) is 0 Å². The molecule has 0 bridgehead atoms. The maximum absolute atomic E-state index is 11.8. The Morgan fingerprint density at radius 3 is 2.56 bits per heavy atom. The van der Waals surface area contributed by atoms with Crippen molar-refractivity contribution in [1.82, 2.24) is 0 Å². The monoisotopic (exact) mass is 226 g/mol. The van der Waals surface area contributed by atoms with Crippen LogP contribution in [0.1, 0.15) is 32.1 Å². The Labute approximate surface area is 93.1 Å². The van der Waals surface area contributed by atoms with Gasteiger partial charge in [-0.25, -0.2) is 0 Å². The van der Waals surface area contributed by atoms with Crippen LogP contribution in [0.3, 0.4) is 0 Å². The summed E-state index contributed by atoms with van der Waals surface area (Å²) in [5.74, 6) is -1.03. The van der Waals surface area contributed by atoms with E-state index in [1.165, 1.54) is 0 Å². The lowest BCUT2D eigenvalue weighted by molar-refractivity contribution is -0.154. The van der Waals surface area contributed by atoms with E-state index in [4.69, 9.17) is 9.47 Å². The van der Waals surface area contributed by atoms with Crippen molar-refractivity contribution in [3.05, 3.63) is 0 Å². The zero-order chi connectivity index (χ0) is 11.5. The van der Waals surface area contributed by atoms with Gasteiger partial charge in [-0.2, -0.15) is 0 Å². The number of carbonyl (C=O) groups is 3. The predicted octanol–water partition coefficient (Wildman–Crippen LogP) is 0.604. The molecule has 0 radical (unpaired) electrons. The van der Waals surface area contributed by atoms with Gasteiger partial charge in [0.05, 0.1) is 12.3 Å². The summed E-state index contributed by atoms with van der Waals surface area (Å²) >= 11 is 0. The molecule has 2 rings (SSSR count). The normalized spacial score (nSPS) is 31.6. The third-order valence-corrected chi connectivity index (χ3v) is 2.99. The molecule has 0 aromatic heterocycles. The Hall–Kier alpha value is -1.39. The first-order valence-electron chi connectivity index (χ1n) is 5.54. The maximum atomic E-state index is 11.8. The molecule has 5 nitrogen and oxygen atoms in total. The number of Topliss-reactive ketones (excluding diaryl/α,β-unsaturated/α-hetero) is 1. The quantitative estimate of drug-likeness (QED) is 0.566. The third-order valence-electron chi connectivity index (χ3n) is 2.99. The number of carbonyl (C=O) groups excluding carboxylic acids is 3. The number of ketones is 1. The van der Waals surface area contributed by atoms with Crippen molar-refractivity contribution < 1.29 is 23.9 Å². The van der Waals surface area contributed by atoms with E-state index in [1.54, 1.807) is 0 Å². The highest BCUT2D eigenvalue weighted by molar-refractivity contribution is 5.88. The molecule has 0 aromatic rings. The van der Waals surface area contributed by atoms with Gasteiger partial charge in [-0.15, -0.1) is 0 Å². The number of hydrogen-bond donors (Lipinski definition) is 0. The van der Waals surface area contributed by atoms with Crippen LogP contribution in [0.15, 0.2) is 0 Å². The van der Waals surface area contributed by atoms with Crippen LogP contribution in [-0.4, -0.2) is 30.4 Å². The summed E-state index contributed by atoms with van der Waals surface area (Å²) < 4.78 is 9.94. The van der Waals surface area contributed by atoms with E-state index >= 15 is 0 Å². The van der Waals surface area contributed by atoms with Crippen LogP contribution in [0.2, 0.25) is 0 Å². The zero-order valence-corrected chi connectivity index (χ0v) is 8.94. The Bertz CT molecular complexity index is 322. The standard InChI is InChI=1S/C11H14O5/c12-8-3-1-2-4-10(13)15-6-9-7(8)5-11(14)16-9/h7,9H,1-6H2/t7-,9-/m1/s1. The second-order valence-electron chi connectivity index (χ2n) is 4.20. The van der Waals surface area contributed by atoms with Gasteiger partial charge in [-0.05, 0) is 12.8 Å². The molecule has 88 valence electrons. The number of rotatable bonds is 0. The first kappa shape index (κ1) is 11.1. The Kier molecular flexibility index (Phi) is 3.22. The Morgan fingerprint density at radius 2 is 1.75 bits per heavy atom. The highest BCUT2D eigenvalue weighted by Crippen LogP contribution is 2.26. The van der Waals surface area contributed by atoms with Gasteiger partial charge < -0.3 is 9.47 Å². The SMILES string of the molecule is O=C1CCCCC(=O)[C@H]2CC(=O)O[C@@H]2CO1. The van der Waals surface area contributed by atoms with Gasteiger partial charge in [0.1, 0.15) is 18.5 Å². The molecule has 0 unspecified atom stereocenters. The molecule has 0 aromatic carbocycles. The molecule has 2 heterocycles. The Morgan fingerprint density at radius 1 is 1.00 bits per heavy atom. The molecule has 2 fully saturated rings. The lowest BCUT2D eigenvalue weighted by Gasteiger charge is -2.18. The average Bonchev–Trinajstić information content (AvgIpc) is 2.62. The van der Waals surface area contributed by atoms with Crippen LogP contribution in [0, 0.1) is 5.92 Å².